The Morgan fingerprint density at radius 1 is 1.14 bits per heavy atom. The fourth-order valence-electron chi connectivity index (χ4n) is 2.58. The molecule has 0 saturated carbocycles. The molecule has 120 valence electrons. The van der Waals surface area contributed by atoms with Crippen LogP contribution in [0.1, 0.15) is 41.6 Å². The molecule has 0 spiro atoms. The van der Waals surface area contributed by atoms with Gasteiger partial charge in [-0.15, -0.1) is 0 Å². The van der Waals surface area contributed by atoms with Crippen molar-refractivity contribution in [1.29, 1.82) is 0 Å². The smallest absolute Gasteiger partial charge is 0.338 e. The van der Waals surface area contributed by atoms with Gasteiger partial charge in [-0.1, -0.05) is 25.0 Å². The minimum atomic E-state index is -0.471. The molecule has 1 aliphatic rings. The molecule has 22 heavy (non-hydrogen) atoms. The highest BCUT2D eigenvalue weighted by molar-refractivity contribution is 5.91. The van der Waals surface area contributed by atoms with Gasteiger partial charge in [0.15, 0.2) is 6.61 Å². The minimum absolute atomic E-state index is 0.108. The van der Waals surface area contributed by atoms with E-state index < -0.39 is 5.97 Å². The second-order valence-corrected chi connectivity index (χ2v) is 5.50. The zero-order chi connectivity index (χ0) is 15.8. The number of benzene rings is 1. The van der Waals surface area contributed by atoms with Gasteiger partial charge in [-0.05, 0) is 30.5 Å². The first-order valence-corrected chi connectivity index (χ1v) is 7.73. The topological polar surface area (TPSA) is 55.8 Å². The summed E-state index contributed by atoms with van der Waals surface area (Å²) in [6, 6.07) is 7.06. The third-order valence-corrected chi connectivity index (χ3v) is 3.76. The van der Waals surface area contributed by atoms with Gasteiger partial charge in [-0.25, -0.2) is 4.79 Å². The standard InChI is InChI=1S/C17H23NO4/c1-21-12-14-7-6-8-15(11-14)17(20)22-13-16(19)18-9-4-2-3-5-10-18/h6-8,11H,2-5,9-10,12-13H2,1H3. The first kappa shape index (κ1) is 16.5. The average molecular weight is 305 g/mol. The molecule has 1 heterocycles. The summed E-state index contributed by atoms with van der Waals surface area (Å²) in [5, 5.41) is 0. The zero-order valence-corrected chi connectivity index (χ0v) is 13.0. The number of hydrogen-bond acceptors (Lipinski definition) is 4. The van der Waals surface area contributed by atoms with Crippen LogP contribution in [0.5, 0.6) is 0 Å². The Balaban J connectivity index is 1.86. The van der Waals surface area contributed by atoms with Gasteiger partial charge < -0.3 is 14.4 Å². The monoisotopic (exact) mass is 305 g/mol. The number of nitrogens with zero attached hydrogens (tertiary/aromatic N) is 1. The number of rotatable bonds is 5. The molecule has 5 heteroatoms. The second-order valence-electron chi connectivity index (χ2n) is 5.50. The summed E-state index contributed by atoms with van der Waals surface area (Å²) in [6.45, 7) is 1.78. The van der Waals surface area contributed by atoms with Crippen LogP contribution in [0.4, 0.5) is 0 Å². The summed E-state index contributed by atoms with van der Waals surface area (Å²) < 4.78 is 10.2. The van der Waals surface area contributed by atoms with Crippen LogP contribution >= 0.6 is 0 Å². The van der Waals surface area contributed by atoms with Crippen molar-refractivity contribution in [2.45, 2.75) is 32.3 Å². The maximum absolute atomic E-state index is 12.1. The van der Waals surface area contributed by atoms with Gasteiger partial charge in [-0.2, -0.15) is 0 Å². The van der Waals surface area contributed by atoms with Gasteiger partial charge >= 0.3 is 5.97 Å². The van der Waals surface area contributed by atoms with Crippen LogP contribution in [0.25, 0.3) is 0 Å². The molecule has 1 fully saturated rings. The van der Waals surface area contributed by atoms with Gasteiger partial charge in [0.1, 0.15) is 0 Å². The predicted octanol–water partition coefficient (Wildman–Crippen LogP) is 2.39. The van der Waals surface area contributed by atoms with Crippen molar-refractivity contribution >= 4 is 11.9 Å². The fourth-order valence-corrected chi connectivity index (χ4v) is 2.58. The molecular formula is C17H23NO4. The van der Waals surface area contributed by atoms with Gasteiger partial charge in [-0.3, -0.25) is 4.79 Å². The quantitative estimate of drug-likeness (QED) is 0.784. The lowest BCUT2D eigenvalue weighted by atomic mass is 10.1. The Kier molecular flexibility index (Phi) is 6.40. The SMILES string of the molecule is COCc1cccc(C(=O)OCC(=O)N2CCCCCC2)c1. The van der Waals surface area contributed by atoms with E-state index in [1.54, 1.807) is 30.2 Å². The molecule has 1 aromatic carbocycles. The van der Waals surface area contributed by atoms with Crippen molar-refractivity contribution in [3.8, 4) is 0 Å². The van der Waals surface area contributed by atoms with Crippen LogP contribution < -0.4 is 0 Å². The molecule has 1 aliphatic heterocycles. The van der Waals surface area contributed by atoms with Crippen LogP contribution in [0.2, 0.25) is 0 Å². The van der Waals surface area contributed by atoms with E-state index in [4.69, 9.17) is 9.47 Å². The Morgan fingerprint density at radius 3 is 2.55 bits per heavy atom. The van der Waals surface area contributed by atoms with E-state index in [0.29, 0.717) is 12.2 Å². The molecule has 0 radical (unpaired) electrons. The largest absolute Gasteiger partial charge is 0.452 e. The fraction of sp³-hybridized carbons (Fsp3) is 0.529. The first-order valence-electron chi connectivity index (χ1n) is 7.73. The molecule has 0 atom stereocenters. The van der Waals surface area contributed by atoms with Crippen molar-refractivity contribution < 1.29 is 19.1 Å². The van der Waals surface area contributed by atoms with E-state index >= 15 is 0 Å². The molecule has 2 rings (SSSR count). The Labute approximate surface area is 131 Å². The van der Waals surface area contributed by atoms with E-state index in [9.17, 15) is 9.59 Å². The summed E-state index contributed by atoms with van der Waals surface area (Å²) in [4.78, 5) is 25.9. The number of ether oxygens (including phenoxy) is 2. The lowest BCUT2D eigenvalue weighted by molar-refractivity contribution is -0.134. The van der Waals surface area contributed by atoms with Crippen LogP contribution in [0, 0.1) is 0 Å². The van der Waals surface area contributed by atoms with Gasteiger partial charge in [0.2, 0.25) is 0 Å². The molecule has 1 aromatic rings. The van der Waals surface area contributed by atoms with E-state index in [0.717, 1.165) is 44.3 Å². The first-order chi connectivity index (χ1) is 10.7. The Bertz CT molecular complexity index is 507. The maximum atomic E-state index is 12.1. The van der Waals surface area contributed by atoms with Crippen LogP contribution in [0.15, 0.2) is 24.3 Å². The summed E-state index contributed by atoms with van der Waals surface area (Å²) in [5.41, 5.74) is 1.34. The summed E-state index contributed by atoms with van der Waals surface area (Å²) in [6.07, 6.45) is 4.38. The number of carbonyl (C=O) groups excluding carboxylic acids is 2. The number of esters is 1. The van der Waals surface area contributed by atoms with Gasteiger partial charge in [0.25, 0.3) is 5.91 Å². The third-order valence-electron chi connectivity index (χ3n) is 3.76. The summed E-state index contributed by atoms with van der Waals surface area (Å²) in [5.74, 6) is -0.579. The molecule has 1 saturated heterocycles. The van der Waals surface area contributed by atoms with E-state index in [1.807, 2.05) is 6.07 Å². The average Bonchev–Trinajstić information content (AvgIpc) is 2.82. The predicted molar refractivity (Wildman–Crippen MR) is 82.5 cm³/mol. The normalized spacial score (nSPS) is 15.2. The number of likely N-dealkylation sites (tertiary alicyclic amines) is 1. The van der Waals surface area contributed by atoms with Crippen LogP contribution in [-0.2, 0) is 20.9 Å². The van der Waals surface area contributed by atoms with Crippen molar-refractivity contribution in [3.05, 3.63) is 35.4 Å². The molecule has 5 nitrogen and oxygen atoms in total. The molecule has 0 aliphatic carbocycles. The summed E-state index contributed by atoms with van der Waals surface area (Å²) in [7, 11) is 1.60. The Hall–Kier alpha value is -1.88. The van der Waals surface area contributed by atoms with E-state index in [-0.39, 0.29) is 12.5 Å². The number of carbonyl (C=O) groups is 2. The zero-order valence-electron chi connectivity index (χ0n) is 13.0. The molecular weight excluding hydrogens is 282 g/mol. The lowest BCUT2D eigenvalue weighted by Gasteiger charge is -2.19. The highest BCUT2D eigenvalue weighted by Crippen LogP contribution is 2.11. The molecule has 0 unspecified atom stereocenters. The van der Waals surface area contributed by atoms with Crippen molar-refractivity contribution in [2.24, 2.45) is 0 Å². The highest BCUT2D eigenvalue weighted by atomic mass is 16.5. The van der Waals surface area contributed by atoms with E-state index in [2.05, 4.69) is 0 Å². The molecule has 0 N–H and O–H groups in total. The lowest BCUT2D eigenvalue weighted by Crippen LogP contribution is -2.35. The number of amides is 1. The Morgan fingerprint density at radius 2 is 1.86 bits per heavy atom. The van der Waals surface area contributed by atoms with Crippen LogP contribution in [0.3, 0.4) is 0 Å². The van der Waals surface area contributed by atoms with Crippen molar-refractivity contribution in [1.82, 2.24) is 4.90 Å². The third kappa shape index (κ3) is 4.84. The van der Waals surface area contributed by atoms with Crippen molar-refractivity contribution in [2.75, 3.05) is 26.8 Å². The summed E-state index contributed by atoms with van der Waals surface area (Å²) >= 11 is 0. The number of methoxy groups -OCH3 is 1. The molecule has 0 aromatic heterocycles. The number of hydrogen-bond donors (Lipinski definition) is 0. The minimum Gasteiger partial charge on any atom is -0.452 e. The molecule has 0 bridgehead atoms. The van der Waals surface area contributed by atoms with Crippen LogP contribution in [-0.4, -0.2) is 43.6 Å². The van der Waals surface area contributed by atoms with Crippen molar-refractivity contribution in [3.63, 3.8) is 0 Å². The molecule has 1 amide bonds. The van der Waals surface area contributed by atoms with E-state index in [1.165, 1.54) is 0 Å². The highest BCUT2D eigenvalue weighted by Gasteiger charge is 2.17. The maximum Gasteiger partial charge on any atom is 0.338 e. The second kappa shape index (κ2) is 8.54. The van der Waals surface area contributed by atoms with Gasteiger partial charge in [0.05, 0.1) is 12.2 Å². The van der Waals surface area contributed by atoms with Gasteiger partial charge in [0, 0.05) is 20.2 Å².